The molecule has 0 saturated carbocycles. The lowest BCUT2D eigenvalue weighted by Crippen LogP contribution is -2.51. The van der Waals surface area contributed by atoms with Crippen molar-refractivity contribution in [2.75, 3.05) is 0 Å². The fraction of sp³-hybridized carbons (Fsp3) is 0.444. The largest absolute Gasteiger partial charge is 0.480 e. The summed E-state index contributed by atoms with van der Waals surface area (Å²) in [6.45, 7) is 6.71. The highest BCUT2D eigenvalue weighted by Gasteiger charge is 2.32. The SMILES string of the molecule is CC(C)[C@H](NC(=O)[C@@H](C(C)C)n1c(=O)[nH]c2ccccc2c1=O)C(=O)O. The highest BCUT2D eigenvalue weighted by atomic mass is 16.4. The second kappa shape index (κ2) is 7.55. The molecule has 0 aliphatic heterocycles. The van der Waals surface area contributed by atoms with Crippen molar-refractivity contribution in [3.8, 4) is 0 Å². The van der Waals surface area contributed by atoms with Crippen LogP contribution in [-0.4, -0.2) is 32.6 Å². The molecule has 0 bridgehead atoms. The number of nitrogens with one attached hydrogen (secondary N) is 2. The number of H-pyrrole nitrogens is 1. The molecule has 1 heterocycles. The van der Waals surface area contributed by atoms with Gasteiger partial charge in [0, 0.05) is 0 Å². The molecule has 2 rings (SSSR count). The molecule has 1 amide bonds. The zero-order valence-electron chi connectivity index (χ0n) is 15.1. The molecule has 1 aromatic heterocycles. The van der Waals surface area contributed by atoms with Gasteiger partial charge in [0.1, 0.15) is 12.1 Å². The Hall–Kier alpha value is -2.90. The highest BCUT2D eigenvalue weighted by molar-refractivity contribution is 5.86. The van der Waals surface area contributed by atoms with Gasteiger partial charge in [0.25, 0.3) is 5.56 Å². The molecular formula is C18H23N3O5. The lowest BCUT2D eigenvalue weighted by atomic mass is 10.00. The molecule has 0 radical (unpaired) electrons. The first kappa shape index (κ1) is 19.4. The molecule has 8 heteroatoms. The van der Waals surface area contributed by atoms with Crippen LogP contribution in [0.4, 0.5) is 0 Å². The van der Waals surface area contributed by atoms with E-state index in [1.54, 1.807) is 52.0 Å². The van der Waals surface area contributed by atoms with Gasteiger partial charge in [-0.2, -0.15) is 0 Å². The van der Waals surface area contributed by atoms with Crippen molar-refractivity contribution in [1.82, 2.24) is 14.9 Å². The van der Waals surface area contributed by atoms with Gasteiger partial charge in [0.15, 0.2) is 0 Å². The lowest BCUT2D eigenvalue weighted by molar-refractivity contribution is -0.143. The maximum atomic E-state index is 12.8. The van der Waals surface area contributed by atoms with Crippen molar-refractivity contribution >= 4 is 22.8 Å². The summed E-state index contributed by atoms with van der Waals surface area (Å²) < 4.78 is 0.863. The average Bonchev–Trinajstić information content (AvgIpc) is 2.55. The van der Waals surface area contributed by atoms with E-state index in [-0.39, 0.29) is 11.3 Å². The highest BCUT2D eigenvalue weighted by Crippen LogP contribution is 2.17. The lowest BCUT2D eigenvalue weighted by Gasteiger charge is -2.25. The molecule has 3 N–H and O–H groups in total. The van der Waals surface area contributed by atoms with Crippen molar-refractivity contribution in [1.29, 1.82) is 0 Å². The zero-order chi connectivity index (χ0) is 19.6. The molecule has 2 aromatic rings. The van der Waals surface area contributed by atoms with Gasteiger partial charge >= 0.3 is 11.7 Å². The number of benzene rings is 1. The molecule has 26 heavy (non-hydrogen) atoms. The number of aliphatic carboxylic acids is 1. The van der Waals surface area contributed by atoms with Crippen LogP contribution in [0.2, 0.25) is 0 Å². The van der Waals surface area contributed by atoms with Crippen LogP contribution in [0.3, 0.4) is 0 Å². The third-order valence-electron chi connectivity index (χ3n) is 4.25. The fourth-order valence-electron chi connectivity index (χ4n) is 2.90. The number of carbonyl (C=O) groups excluding carboxylic acids is 1. The van der Waals surface area contributed by atoms with Gasteiger partial charge in [-0.05, 0) is 24.0 Å². The van der Waals surface area contributed by atoms with Crippen LogP contribution in [0.15, 0.2) is 33.9 Å². The van der Waals surface area contributed by atoms with Crippen molar-refractivity contribution in [3.05, 3.63) is 45.1 Å². The number of hydrogen-bond donors (Lipinski definition) is 3. The van der Waals surface area contributed by atoms with E-state index < -0.39 is 41.1 Å². The zero-order valence-corrected chi connectivity index (χ0v) is 15.1. The minimum atomic E-state index is -1.17. The van der Waals surface area contributed by atoms with Crippen LogP contribution in [0.1, 0.15) is 33.7 Å². The third kappa shape index (κ3) is 3.68. The van der Waals surface area contributed by atoms with Crippen molar-refractivity contribution in [2.45, 2.75) is 39.8 Å². The second-order valence-electron chi connectivity index (χ2n) is 6.91. The summed E-state index contributed by atoms with van der Waals surface area (Å²) in [4.78, 5) is 52.0. The summed E-state index contributed by atoms with van der Waals surface area (Å²) in [5, 5.41) is 12.0. The summed E-state index contributed by atoms with van der Waals surface area (Å²) in [6.07, 6.45) is 0. The van der Waals surface area contributed by atoms with Crippen molar-refractivity contribution < 1.29 is 14.7 Å². The summed E-state index contributed by atoms with van der Waals surface area (Å²) >= 11 is 0. The Kier molecular flexibility index (Phi) is 5.64. The first-order valence-electron chi connectivity index (χ1n) is 8.41. The van der Waals surface area contributed by atoms with Gasteiger partial charge in [-0.1, -0.05) is 39.8 Å². The molecule has 0 saturated heterocycles. The van der Waals surface area contributed by atoms with Crippen LogP contribution in [0.25, 0.3) is 10.9 Å². The molecule has 0 aliphatic rings. The minimum absolute atomic E-state index is 0.282. The molecule has 8 nitrogen and oxygen atoms in total. The monoisotopic (exact) mass is 361 g/mol. The smallest absolute Gasteiger partial charge is 0.329 e. The number of aromatic nitrogens is 2. The van der Waals surface area contributed by atoms with E-state index in [4.69, 9.17) is 0 Å². The van der Waals surface area contributed by atoms with Gasteiger partial charge in [-0.25, -0.2) is 14.2 Å². The molecule has 0 aliphatic carbocycles. The van der Waals surface area contributed by atoms with Gasteiger partial charge in [-0.3, -0.25) is 9.59 Å². The van der Waals surface area contributed by atoms with Crippen molar-refractivity contribution in [3.63, 3.8) is 0 Å². The molecular weight excluding hydrogens is 338 g/mol. The summed E-state index contributed by atoms with van der Waals surface area (Å²) in [6, 6.07) is 4.28. The van der Waals surface area contributed by atoms with Gasteiger partial charge in [0.2, 0.25) is 5.91 Å². The topological polar surface area (TPSA) is 121 Å². The summed E-state index contributed by atoms with van der Waals surface area (Å²) in [5.41, 5.74) is -0.916. The molecule has 140 valence electrons. The quantitative estimate of drug-likeness (QED) is 0.712. The molecule has 0 spiro atoms. The summed E-state index contributed by atoms with van der Waals surface area (Å²) in [5.74, 6) is -2.60. The van der Waals surface area contributed by atoms with E-state index in [0.29, 0.717) is 5.52 Å². The van der Waals surface area contributed by atoms with Crippen LogP contribution < -0.4 is 16.6 Å². The first-order chi connectivity index (χ1) is 12.1. The number of para-hydroxylation sites is 1. The molecule has 1 aromatic carbocycles. The second-order valence-corrected chi connectivity index (χ2v) is 6.91. The Morgan fingerprint density at radius 2 is 1.69 bits per heavy atom. The molecule has 0 unspecified atom stereocenters. The predicted octanol–water partition coefficient (Wildman–Crippen LogP) is 1.11. The number of fused-ring (bicyclic) bond motifs is 1. The third-order valence-corrected chi connectivity index (χ3v) is 4.25. The molecule has 0 fully saturated rings. The Morgan fingerprint density at radius 3 is 2.23 bits per heavy atom. The van der Waals surface area contributed by atoms with Gasteiger partial charge < -0.3 is 15.4 Å². The Labute approximate surface area is 149 Å². The maximum Gasteiger partial charge on any atom is 0.329 e. The Bertz CT molecular complexity index is 942. The number of carbonyl (C=O) groups is 2. The van der Waals surface area contributed by atoms with E-state index in [0.717, 1.165) is 4.57 Å². The molecule has 2 atom stereocenters. The number of carboxylic acid groups (broad SMARTS) is 1. The normalized spacial score (nSPS) is 13.8. The number of hydrogen-bond acceptors (Lipinski definition) is 4. The van der Waals surface area contributed by atoms with E-state index in [1.807, 2.05) is 0 Å². The van der Waals surface area contributed by atoms with E-state index in [2.05, 4.69) is 10.3 Å². The number of amides is 1. The summed E-state index contributed by atoms with van der Waals surface area (Å²) in [7, 11) is 0. The number of nitrogens with zero attached hydrogens (tertiary/aromatic N) is 1. The fourth-order valence-corrected chi connectivity index (χ4v) is 2.90. The minimum Gasteiger partial charge on any atom is -0.480 e. The first-order valence-corrected chi connectivity index (χ1v) is 8.41. The van der Waals surface area contributed by atoms with Gasteiger partial charge in [0.05, 0.1) is 10.9 Å². The predicted molar refractivity (Wildman–Crippen MR) is 97.1 cm³/mol. The Morgan fingerprint density at radius 1 is 1.08 bits per heavy atom. The standard InChI is InChI=1S/C18H23N3O5/c1-9(2)13(17(24)25)20-15(22)14(10(3)4)21-16(23)11-7-5-6-8-12(11)19-18(21)26/h5-10,13-14H,1-4H3,(H,19,26)(H,20,22)(H,24,25)/t13-,14+/m0/s1. The van der Waals surface area contributed by atoms with E-state index >= 15 is 0 Å². The van der Waals surface area contributed by atoms with E-state index in [9.17, 15) is 24.3 Å². The van der Waals surface area contributed by atoms with Crippen LogP contribution in [0.5, 0.6) is 0 Å². The number of aromatic amines is 1. The van der Waals surface area contributed by atoms with Crippen LogP contribution in [-0.2, 0) is 9.59 Å². The van der Waals surface area contributed by atoms with Crippen LogP contribution in [0, 0.1) is 11.8 Å². The van der Waals surface area contributed by atoms with Gasteiger partial charge in [-0.15, -0.1) is 0 Å². The van der Waals surface area contributed by atoms with Crippen molar-refractivity contribution in [2.24, 2.45) is 11.8 Å². The number of rotatable bonds is 6. The van der Waals surface area contributed by atoms with E-state index in [1.165, 1.54) is 0 Å². The van der Waals surface area contributed by atoms with Crippen LogP contribution >= 0.6 is 0 Å². The average molecular weight is 361 g/mol. The Balaban J connectivity index is 2.56. The number of carboxylic acids is 1. The maximum absolute atomic E-state index is 12.8.